The van der Waals surface area contributed by atoms with Crippen molar-refractivity contribution in [2.24, 2.45) is 11.8 Å². The first-order valence-corrected chi connectivity index (χ1v) is 11.1. The van der Waals surface area contributed by atoms with Gasteiger partial charge in [0.05, 0.1) is 24.6 Å². The Morgan fingerprint density at radius 2 is 1.59 bits per heavy atom. The molecule has 176 valence electrons. The van der Waals surface area contributed by atoms with Gasteiger partial charge in [0, 0.05) is 6.42 Å². The van der Waals surface area contributed by atoms with E-state index in [1.54, 1.807) is 24.3 Å². The van der Waals surface area contributed by atoms with Crippen LogP contribution < -0.4 is 10.1 Å². The minimum Gasteiger partial charge on any atom is -0.495 e. The van der Waals surface area contributed by atoms with E-state index in [0.29, 0.717) is 24.3 Å². The van der Waals surface area contributed by atoms with E-state index in [4.69, 9.17) is 9.47 Å². The zero-order valence-corrected chi connectivity index (χ0v) is 18.8. The quantitative estimate of drug-likeness (QED) is 0.368. The van der Waals surface area contributed by atoms with Crippen LogP contribution in [0.25, 0.3) is 0 Å². The lowest BCUT2D eigenvalue weighted by atomic mass is 9.85. The molecule has 1 saturated heterocycles. The van der Waals surface area contributed by atoms with Gasteiger partial charge in [0.25, 0.3) is 5.91 Å². The Balaban J connectivity index is 1.49. The maximum absolute atomic E-state index is 13.1. The number of rotatable bonds is 8. The van der Waals surface area contributed by atoms with Gasteiger partial charge in [0.15, 0.2) is 6.61 Å². The van der Waals surface area contributed by atoms with Gasteiger partial charge in [-0.2, -0.15) is 0 Å². The van der Waals surface area contributed by atoms with Crippen molar-refractivity contribution < 1.29 is 28.7 Å². The van der Waals surface area contributed by atoms with E-state index < -0.39 is 36.4 Å². The lowest BCUT2D eigenvalue weighted by Gasteiger charge is -2.25. The van der Waals surface area contributed by atoms with Crippen molar-refractivity contribution in [2.45, 2.75) is 25.3 Å². The normalized spacial score (nSPS) is 20.0. The maximum Gasteiger partial charge on any atom is 0.330 e. The Bertz CT molecular complexity index is 1090. The molecule has 34 heavy (non-hydrogen) atoms. The van der Waals surface area contributed by atoms with Gasteiger partial charge in [0.1, 0.15) is 11.8 Å². The van der Waals surface area contributed by atoms with E-state index in [9.17, 15) is 19.2 Å². The molecule has 2 aliphatic rings. The van der Waals surface area contributed by atoms with Crippen LogP contribution in [0.4, 0.5) is 5.69 Å². The van der Waals surface area contributed by atoms with Crippen LogP contribution in [0.15, 0.2) is 66.7 Å². The molecule has 4 rings (SSSR count). The Morgan fingerprint density at radius 1 is 0.971 bits per heavy atom. The summed E-state index contributed by atoms with van der Waals surface area (Å²) in [6.45, 7) is -0.563. The number of hydrogen-bond donors (Lipinski definition) is 1. The minimum absolute atomic E-state index is 0.109. The molecule has 0 radical (unpaired) electrons. The Kier molecular flexibility index (Phi) is 7.06. The van der Waals surface area contributed by atoms with Gasteiger partial charge in [-0.05, 0) is 30.5 Å². The number of anilines is 1. The van der Waals surface area contributed by atoms with Gasteiger partial charge < -0.3 is 14.8 Å². The number of fused-ring (bicyclic) bond motifs is 1. The molecule has 0 aromatic heterocycles. The topological polar surface area (TPSA) is 102 Å². The van der Waals surface area contributed by atoms with Crippen molar-refractivity contribution in [2.75, 3.05) is 19.0 Å². The molecule has 1 fully saturated rings. The first-order chi connectivity index (χ1) is 16.5. The largest absolute Gasteiger partial charge is 0.495 e. The van der Waals surface area contributed by atoms with Crippen LogP contribution in [0.5, 0.6) is 5.75 Å². The molecule has 1 aliphatic carbocycles. The number of hydrogen-bond acceptors (Lipinski definition) is 6. The highest BCUT2D eigenvalue weighted by atomic mass is 16.5. The molecule has 8 nitrogen and oxygen atoms in total. The van der Waals surface area contributed by atoms with E-state index in [-0.39, 0.29) is 18.2 Å². The number of likely N-dealkylation sites (tertiary alicyclic amines) is 1. The van der Waals surface area contributed by atoms with Crippen LogP contribution in [0.2, 0.25) is 0 Å². The van der Waals surface area contributed by atoms with E-state index in [2.05, 4.69) is 5.32 Å². The molecule has 1 heterocycles. The Labute approximate surface area is 197 Å². The minimum atomic E-state index is -1.15. The summed E-state index contributed by atoms with van der Waals surface area (Å²) in [6, 6.07) is 14.8. The van der Waals surface area contributed by atoms with E-state index in [0.717, 1.165) is 10.5 Å². The van der Waals surface area contributed by atoms with Gasteiger partial charge in [-0.1, -0.05) is 54.6 Å². The van der Waals surface area contributed by atoms with Gasteiger partial charge in [-0.25, -0.2) is 4.79 Å². The lowest BCUT2D eigenvalue weighted by molar-refractivity contribution is -0.160. The van der Waals surface area contributed by atoms with Crippen molar-refractivity contribution in [3.05, 3.63) is 72.3 Å². The highest BCUT2D eigenvalue weighted by molar-refractivity contribution is 6.08. The van der Waals surface area contributed by atoms with Crippen LogP contribution in [0.3, 0.4) is 0 Å². The highest BCUT2D eigenvalue weighted by Crippen LogP contribution is 2.36. The number of carbonyl (C=O) groups excluding carboxylic acids is 4. The number of imide groups is 1. The van der Waals surface area contributed by atoms with Crippen molar-refractivity contribution in [3.63, 3.8) is 0 Å². The van der Waals surface area contributed by atoms with Crippen molar-refractivity contribution in [3.8, 4) is 5.75 Å². The Hall–Kier alpha value is -3.94. The SMILES string of the molecule is COc1ccccc1NC(=O)COC(=O)[C@@H](Cc1ccccc1)N1C(=O)[C@H]2CC=CC[C@H]2C1=O. The molecule has 1 aliphatic heterocycles. The third kappa shape index (κ3) is 4.85. The zero-order chi connectivity index (χ0) is 24.1. The molecule has 0 unspecified atom stereocenters. The van der Waals surface area contributed by atoms with Crippen LogP contribution in [0.1, 0.15) is 18.4 Å². The van der Waals surface area contributed by atoms with E-state index in [1.165, 1.54) is 7.11 Å². The number of amides is 3. The molecule has 0 bridgehead atoms. The second-order valence-corrected chi connectivity index (χ2v) is 8.26. The highest BCUT2D eigenvalue weighted by Gasteiger charge is 2.51. The third-order valence-electron chi connectivity index (χ3n) is 6.12. The molecule has 3 atom stereocenters. The smallest absolute Gasteiger partial charge is 0.330 e. The monoisotopic (exact) mass is 462 g/mol. The van der Waals surface area contributed by atoms with Crippen LogP contribution >= 0.6 is 0 Å². The number of nitrogens with zero attached hydrogens (tertiary/aromatic N) is 1. The van der Waals surface area contributed by atoms with Crippen molar-refractivity contribution in [1.29, 1.82) is 0 Å². The summed E-state index contributed by atoms with van der Waals surface area (Å²) in [6.07, 6.45) is 4.84. The average Bonchev–Trinajstić information content (AvgIpc) is 3.12. The van der Waals surface area contributed by atoms with Gasteiger partial charge in [-0.3, -0.25) is 19.3 Å². The molecule has 3 amide bonds. The summed E-state index contributed by atoms with van der Waals surface area (Å²) in [5.41, 5.74) is 1.21. The number of ether oxygens (including phenoxy) is 2. The lowest BCUT2D eigenvalue weighted by Crippen LogP contribution is -2.48. The van der Waals surface area contributed by atoms with E-state index in [1.807, 2.05) is 42.5 Å². The predicted molar refractivity (Wildman–Crippen MR) is 124 cm³/mol. The van der Waals surface area contributed by atoms with Crippen LogP contribution in [-0.4, -0.2) is 48.3 Å². The van der Waals surface area contributed by atoms with Gasteiger partial charge in [-0.15, -0.1) is 0 Å². The standard InChI is InChI=1S/C26H26N2O6/c1-33-22-14-8-7-13-20(22)27-23(29)16-34-26(32)21(15-17-9-3-2-4-10-17)28-24(30)18-11-5-6-12-19(18)25(28)31/h2-10,13-14,18-19,21H,11-12,15-16H2,1H3,(H,27,29)/t18-,19+,21-/m1/s1. The van der Waals surface area contributed by atoms with Gasteiger partial charge >= 0.3 is 5.97 Å². The summed E-state index contributed by atoms with van der Waals surface area (Å²) < 4.78 is 10.5. The van der Waals surface area contributed by atoms with Gasteiger partial charge in [0.2, 0.25) is 11.8 Å². The molecule has 0 saturated carbocycles. The molecule has 2 aromatic rings. The number of benzene rings is 2. The molecular weight excluding hydrogens is 436 g/mol. The van der Waals surface area contributed by atoms with Crippen LogP contribution in [0, 0.1) is 11.8 Å². The van der Waals surface area contributed by atoms with Crippen LogP contribution in [-0.2, 0) is 30.3 Å². The summed E-state index contributed by atoms with van der Waals surface area (Å²) in [5, 5.41) is 2.64. The fourth-order valence-corrected chi connectivity index (χ4v) is 4.42. The zero-order valence-electron chi connectivity index (χ0n) is 18.8. The molecule has 0 spiro atoms. The fraction of sp³-hybridized carbons (Fsp3) is 0.308. The number of nitrogens with one attached hydrogen (secondary N) is 1. The molecule has 8 heteroatoms. The van der Waals surface area contributed by atoms with Crippen molar-refractivity contribution >= 4 is 29.4 Å². The summed E-state index contributed by atoms with van der Waals surface area (Å²) in [7, 11) is 1.48. The number of carbonyl (C=O) groups is 4. The first kappa shape index (κ1) is 23.2. The number of allylic oxidation sites excluding steroid dienone is 2. The summed E-state index contributed by atoms with van der Waals surface area (Å²) in [4.78, 5) is 52.8. The number of para-hydroxylation sites is 2. The second-order valence-electron chi connectivity index (χ2n) is 8.26. The average molecular weight is 463 g/mol. The molecule has 1 N–H and O–H groups in total. The Morgan fingerprint density at radius 3 is 2.24 bits per heavy atom. The molecular formula is C26H26N2O6. The summed E-state index contributed by atoms with van der Waals surface area (Å²) in [5.74, 6) is -2.55. The first-order valence-electron chi connectivity index (χ1n) is 11.1. The van der Waals surface area contributed by atoms with E-state index >= 15 is 0 Å². The number of esters is 1. The summed E-state index contributed by atoms with van der Waals surface area (Å²) >= 11 is 0. The fourth-order valence-electron chi connectivity index (χ4n) is 4.42. The number of methoxy groups -OCH3 is 1. The van der Waals surface area contributed by atoms with Crippen molar-refractivity contribution in [1.82, 2.24) is 4.90 Å². The molecule has 2 aromatic carbocycles. The third-order valence-corrected chi connectivity index (χ3v) is 6.12. The maximum atomic E-state index is 13.1. The predicted octanol–water partition coefficient (Wildman–Crippen LogP) is 2.74. The second kappa shape index (κ2) is 10.3.